The van der Waals surface area contributed by atoms with E-state index in [2.05, 4.69) is 26.6 Å². The molecule has 2 aromatic rings. The summed E-state index contributed by atoms with van der Waals surface area (Å²) >= 11 is 1.45. The van der Waals surface area contributed by atoms with Crippen molar-refractivity contribution in [2.45, 2.75) is 63.3 Å². The molecule has 1 aliphatic heterocycles. The predicted octanol–water partition coefficient (Wildman–Crippen LogP) is 3.73. The molecule has 1 aromatic heterocycles. The van der Waals surface area contributed by atoms with E-state index in [0.29, 0.717) is 25.5 Å². The van der Waals surface area contributed by atoms with E-state index in [-0.39, 0.29) is 17.8 Å². The highest BCUT2D eigenvalue weighted by Gasteiger charge is 2.27. The van der Waals surface area contributed by atoms with Crippen LogP contribution in [0.15, 0.2) is 29.4 Å². The maximum atomic E-state index is 13.3. The Bertz CT molecular complexity index is 879. The summed E-state index contributed by atoms with van der Waals surface area (Å²) in [7, 11) is 0. The van der Waals surface area contributed by atoms with Gasteiger partial charge < -0.3 is 14.5 Å². The molecule has 174 valence electrons. The Labute approximate surface area is 193 Å². The van der Waals surface area contributed by atoms with E-state index in [1.54, 1.807) is 12.1 Å². The molecule has 0 N–H and O–H groups in total. The van der Waals surface area contributed by atoms with E-state index in [4.69, 9.17) is 4.74 Å². The number of hydrogen-bond donors (Lipinski definition) is 0. The third-order valence-corrected chi connectivity index (χ3v) is 7.19. The molecule has 1 aromatic carbocycles. The summed E-state index contributed by atoms with van der Waals surface area (Å²) in [6, 6.07) is 6.71. The molecule has 32 heavy (non-hydrogen) atoms. The maximum Gasteiger partial charge on any atom is 0.233 e. The van der Waals surface area contributed by atoms with Gasteiger partial charge in [-0.25, -0.2) is 4.39 Å². The van der Waals surface area contributed by atoms with Gasteiger partial charge in [0.25, 0.3) is 0 Å². The van der Waals surface area contributed by atoms with Crippen molar-refractivity contribution in [3.8, 4) is 0 Å². The van der Waals surface area contributed by atoms with Crippen LogP contribution in [0.1, 0.15) is 44.6 Å². The largest absolute Gasteiger partial charge is 0.378 e. The first-order valence-electron chi connectivity index (χ1n) is 11.6. The average Bonchev–Trinajstić information content (AvgIpc) is 3.26. The highest BCUT2D eigenvalue weighted by atomic mass is 32.2. The Kier molecular flexibility index (Phi) is 8.02. The van der Waals surface area contributed by atoms with Crippen LogP contribution in [-0.2, 0) is 22.6 Å². The third kappa shape index (κ3) is 5.61. The lowest BCUT2D eigenvalue weighted by Crippen LogP contribution is -2.42. The summed E-state index contributed by atoms with van der Waals surface area (Å²) in [5.74, 6) is 1.01. The van der Waals surface area contributed by atoms with Crippen LogP contribution >= 0.6 is 11.8 Å². The molecule has 1 saturated carbocycles. The lowest BCUT2D eigenvalue weighted by molar-refractivity contribution is -0.132. The number of nitrogens with zero attached hydrogens (tertiary/aromatic N) is 5. The third-order valence-electron chi connectivity index (χ3n) is 6.23. The number of carbonyl (C=O) groups excluding carboxylic acids is 1. The molecule has 0 atom stereocenters. The monoisotopic (exact) mass is 461 g/mol. The van der Waals surface area contributed by atoms with Crippen molar-refractivity contribution in [1.82, 2.24) is 19.7 Å². The van der Waals surface area contributed by atoms with Gasteiger partial charge in [0.1, 0.15) is 5.82 Å². The summed E-state index contributed by atoms with van der Waals surface area (Å²) in [5, 5.41) is 9.55. The van der Waals surface area contributed by atoms with Gasteiger partial charge in [-0.15, -0.1) is 10.2 Å². The van der Waals surface area contributed by atoms with Gasteiger partial charge >= 0.3 is 0 Å². The van der Waals surface area contributed by atoms with Gasteiger partial charge in [0.15, 0.2) is 5.16 Å². The van der Waals surface area contributed by atoms with E-state index >= 15 is 0 Å². The fourth-order valence-electron chi connectivity index (χ4n) is 4.47. The number of thioether (sulfide) groups is 1. The summed E-state index contributed by atoms with van der Waals surface area (Å²) in [6.45, 7) is 6.32. The number of amides is 1. The van der Waals surface area contributed by atoms with Crippen molar-refractivity contribution in [2.24, 2.45) is 0 Å². The molecule has 4 rings (SSSR count). The fourth-order valence-corrected chi connectivity index (χ4v) is 5.35. The van der Waals surface area contributed by atoms with Crippen LogP contribution < -0.4 is 4.90 Å². The molecule has 2 heterocycles. The number of carbonyl (C=O) groups is 1. The maximum absolute atomic E-state index is 13.3. The van der Waals surface area contributed by atoms with Crippen LogP contribution in [0, 0.1) is 5.82 Å². The molecule has 7 nitrogen and oxygen atoms in total. The molecule has 0 spiro atoms. The Morgan fingerprint density at radius 3 is 2.56 bits per heavy atom. The molecule has 1 aliphatic carbocycles. The Hall–Kier alpha value is -2.13. The molecule has 2 fully saturated rings. The van der Waals surface area contributed by atoms with E-state index in [1.165, 1.54) is 30.3 Å². The summed E-state index contributed by atoms with van der Waals surface area (Å²) < 4.78 is 20.9. The first-order valence-corrected chi connectivity index (χ1v) is 12.6. The fraction of sp³-hybridized carbons (Fsp3) is 0.609. The number of halogens is 1. The number of hydrogen-bond acceptors (Lipinski definition) is 6. The second-order valence-electron chi connectivity index (χ2n) is 8.35. The molecule has 1 saturated heterocycles. The van der Waals surface area contributed by atoms with Gasteiger partial charge in [-0.2, -0.15) is 0 Å². The van der Waals surface area contributed by atoms with Crippen LogP contribution in [0.25, 0.3) is 0 Å². The number of anilines is 1. The second-order valence-corrected chi connectivity index (χ2v) is 9.30. The summed E-state index contributed by atoms with van der Waals surface area (Å²) in [6.07, 6.45) is 5.59. The first-order chi connectivity index (χ1) is 15.7. The van der Waals surface area contributed by atoms with Gasteiger partial charge in [-0.1, -0.05) is 43.2 Å². The van der Waals surface area contributed by atoms with Crippen molar-refractivity contribution in [3.63, 3.8) is 0 Å². The van der Waals surface area contributed by atoms with Gasteiger partial charge in [0.05, 0.1) is 19.0 Å². The molecule has 9 heteroatoms. The minimum atomic E-state index is -0.255. The lowest BCUT2D eigenvalue weighted by Gasteiger charge is -2.34. The molecular weight excluding hydrogens is 429 g/mol. The molecule has 2 aliphatic rings. The minimum absolute atomic E-state index is 0.102. The normalized spacial score (nSPS) is 17.5. The van der Waals surface area contributed by atoms with Crippen LogP contribution in [0.4, 0.5) is 10.3 Å². The number of aromatic nitrogens is 3. The first kappa shape index (κ1) is 23.0. The van der Waals surface area contributed by atoms with Crippen LogP contribution in [0.3, 0.4) is 0 Å². The number of rotatable bonds is 8. The highest BCUT2D eigenvalue weighted by molar-refractivity contribution is 7.99. The quantitative estimate of drug-likeness (QED) is 0.559. The summed E-state index contributed by atoms with van der Waals surface area (Å²) in [5.41, 5.74) is 0.960. The zero-order chi connectivity index (χ0) is 22.3. The Morgan fingerprint density at radius 2 is 1.88 bits per heavy atom. The van der Waals surface area contributed by atoms with E-state index in [9.17, 15) is 9.18 Å². The SMILES string of the molecule is CCn1c(SCC(=O)N(Cc2ccc(F)cc2)C2CCCCC2)nnc1N1CCOCC1. The number of morpholine rings is 1. The number of ether oxygens (including phenoxy) is 1. The van der Waals surface area contributed by atoms with Gasteiger partial charge in [-0.05, 0) is 37.5 Å². The second kappa shape index (κ2) is 11.1. The molecule has 0 bridgehead atoms. The zero-order valence-electron chi connectivity index (χ0n) is 18.7. The van der Waals surface area contributed by atoms with Gasteiger partial charge in [0, 0.05) is 32.2 Å². The minimum Gasteiger partial charge on any atom is -0.378 e. The Balaban J connectivity index is 1.44. The van der Waals surface area contributed by atoms with Crippen molar-refractivity contribution in [2.75, 3.05) is 37.0 Å². The zero-order valence-corrected chi connectivity index (χ0v) is 19.5. The molecule has 0 radical (unpaired) electrons. The number of benzene rings is 1. The van der Waals surface area contributed by atoms with Crippen molar-refractivity contribution < 1.29 is 13.9 Å². The standard InChI is InChI=1S/C23H32FN5O2S/c1-2-28-22(27-12-14-31-15-13-27)25-26-23(28)32-17-21(30)29(20-6-4-3-5-7-20)16-18-8-10-19(24)11-9-18/h8-11,20H,2-7,12-17H2,1H3. The van der Waals surface area contributed by atoms with E-state index in [0.717, 1.165) is 62.0 Å². The topological polar surface area (TPSA) is 63.5 Å². The van der Waals surface area contributed by atoms with Crippen molar-refractivity contribution in [1.29, 1.82) is 0 Å². The van der Waals surface area contributed by atoms with Crippen LogP contribution in [0.5, 0.6) is 0 Å². The van der Waals surface area contributed by atoms with Crippen molar-refractivity contribution >= 4 is 23.6 Å². The lowest BCUT2D eigenvalue weighted by atomic mass is 9.94. The Morgan fingerprint density at radius 1 is 1.16 bits per heavy atom. The van der Waals surface area contributed by atoms with Gasteiger partial charge in [-0.3, -0.25) is 9.36 Å². The average molecular weight is 462 g/mol. The van der Waals surface area contributed by atoms with Gasteiger partial charge in [0.2, 0.25) is 11.9 Å². The molecule has 0 unspecified atom stereocenters. The predicted molar refractivity (Wildman–Crippen MR) is 123 cm³/mol. The molecule has 1 amide bonds. The smallest absolute Gasteiger partial charge is 0.233 e. The van der Waals surface area contributed by atoms with Crippen molar-refractivity contribution in [3.05, 3.63) is 35.6 Å². The van der Waals surface area contributed by atoms with E-state index < -0.39 is 0 Å². The molecular formula is C23H32FN5O2S. The summed E-state index contributed by atoms with van der Waals surface area (Å²) in [4.78, 5) is 17.5. The van der Waals surface area contributed by atoms with E-state index in [1.807, 2.05) is 4.90 Å². The highest BCUT2D eigenvalue weighted by Crippen LogP contribution is 2.27. The van der Waals surface area contributed by atoms with Crippen LogP contribution in [-0.4, -0.2) is 63.7 Å². The van der Waals surface area contributed by atoms with Crippen LogP contribution in [0.2, 0.25) is 0 Å².